The minimum atomic E-state index is -0.0689. The summed E-state index contributed by atoms with van der Waals surface area (Å²) in [4.78, 5) is 24.4. The van der Waals surface area contributed by atoms with E-state index in [1.54, 1.807) is 6.20 Å². The van der Waals surface area contributed by atoms with Crippen LogP contribution in [0.1, 0.15) is 66.5 Å². The fraction of sp³-hybridized carbons (Fsp3) is 0.481. The zero-order valence-electron chi connectivity index (χ0n) is 21.9. The van der Waals surface area contributed by atoms with Gasteiger partial charge in [-0.15, -0.1) is 5.10 Å². The second kappa shape index (κ2) is 9.92. The highest BCUT2D eigenvalue weighted by atomic mass is 16.5. The maximum atomic E-state index is 13.0. The highest BCUT2D eigenvalue weighted by Gasteiger charge is 2.28. The third-order valence-electron chi connectivity index (χ3n) is 8.11. The predicted molar refractivity (Wildman–Crippen MR) is 145 cm³/mol. The van der Waals surface area contributed by atoms with Gasteiger partial charge in [0.1, 0.15) is 17.4 Å². The minimum Gasteiger partial charge on any atom is -0.377 e. The molecule has 202 valence electrons. The number of fused-ring (bicyclic) bond motifs is 1. The molecule has 0 bridgehead atoms. The number of nitrogens with one attached hydrogen (secondary N) is 3. The minimum absolute atomic E-state index is 0.0689. The van der Waals surface area contributed by atoms with Crippen molar-refractivity contribution < 1.29 is 9.53 Å². The molecule has 0 radical (unpaired) electrons. The molecule has 4 aromatic rings. The van der Waals surface area contributed by atoms with E-state index in [9.17, 15) is 4.79 Å². The molecule has 4 heterocycles. The second-order valence-corrected chi connectivity index (χ2v) is 10.9. The van der Waals surface area contributed by atoms with Gasteiger partial charge in [-0.1, -0.05) is 5.21 Å². The molecule has 2 aliphatic carbocycles. The summed E-state index contributed by atoms with van der Waals surface area (Å²) in [7, 11) is 2.04. The Kier molecular flexibility index (Phi) is 6.11. The summed E-state index contributed by atoms with van der Waals surface area (Å²) in [5.74, 6) is 2.73. The van der Waals surface area contributed by atoms with Gasteiger partial charge in [-0.05, 0) is 62.8 Å². The fourth-order valence-corrected chi connectivity index (χ4v) is 5.48. The molecule has 12 heteroatoms. The van der Waals surface area contributed by atoms with Crippen molar-refractivity contribution in [3.05, 3.63) is 47.8 Å². The van der Waals surface area contributed by atoms with E-state index >= 15 is 0 Å². The number of amides is 1. The van der Waals surface area contributed by atoms with Crippen LogP contribution in [0.3, 0.4) is 0 Å². The highest BCUT2D eigenvalue weighted by Crippen LogP contribution is 2.39. The number of nitrogens with zero attached hydrogens (tertiary/aromatic N) is 7. The topological polar surface area (TPSA) is 139 Å². The van der Waals surface area contributed by atoms with Crippen LogP contribution in [-0.4, -0.2) is 73.4 Å². The molecule has 1 aromatic carbocycles. The molecule has 7 rings (SSSR count). The predicted octanol–water partition coefficient (Wildman–Crippen LogP) is 3.31. The summed E-state index contributed by atoms with van der Waals surface area (Å²) in [5.41, 5.74) is 3.45. The van der Waals surface area contributed by atoms with Crippen LogP contribution in [-0.2, 0) is 4.74 Å². The van der Waals surface area contributed by atoms with E-state index in [1.165, 1.54) is 18.5 Å². The van der Waals surface area contributed by atoms with Gasteiger partial charge in [0, 0.05) is 48.6 Å². The average molecular weight is 529 g/mol. The lowest BCUT2D eigenvalue weighted by Crippen LogP contribution is -2.43. The maximum Gasteiger partial charge on any atom is 0.251 e. The first-order chi connectivity index (χ1) is 19.1. The van der Waals surface area contributed by atoms with Crippen molar-refractivity contribution in [2.24, 2.45) is 0 Å². The van der Waals surface area contributed by atoms with Crippen molar-refractivity contribution in [3.8, 4) is 0 Å². The Hall–Kier alpha value is -4.06. The van der Waals surface area contributed by atoms with Gasteiger partial charge in [0.25, 0.3) is 5.91 Å². The number of carbonyl (C=O) groups is 1. The summed E-state index contributed by atoms with van der Waals surface area (Å²) < 4.78 is 7.15. The van der Waals surface area contributed by atoms with E-state index < -0.39 is 0 Å². The molecule has 2 saturated carbocycles. The number of hydrogen-bond acceptors (Lipinski definition) is 9. The molecular formula is C27H32N10O2. The van der Waals surface area contributed by atoms with Gasteiger partial charge in [0.05, 0.1) is 18.7 Å². The van der Waals surface area contributed by atoms with Crippen molar-refractivity contribution in [1.29, 1.82) is 0 Å². The standard InChI is InChI=1S/C27H32N10O2/c1-36(27-28-11-10-24(31-27)30-25-13-21(32-34-25)16-2-3-16)19-7-5-18(6-8-19)29-26(38)17-4-9-23-22(12-17)33-35-37(23)20-14-39-15-20/h4,9-13,16,18-20H,2-3,5-8,14-15H2,1H3,(H,29,38)(H2,28,30,31,32,34)/t18-,19-. The van der Waals surface area contributed by atoms with Gasteiger partial charge in [-0.3, -0.25) is 9.89 Å². The maximum absolute atomic E-state index is 13.0. The van der Waals surface area contributed by atoms with Gasteiger partial charge in [-0.25, -0.2) is 9.67 Å². The van der Waals surface area contributed by atoms with Gasteiger partial charge in [0.2, 0.25) is 5.95 Å². The molecule has 12 nitrogen and oxygen atoms in total. The van der Waals surface area contributed by atoms with Crippen LogP contribution in [0.25, 0.3) is 11.0 Å². The smallest absolute Gasteiger partial charge is 0.251 e. The van der Waals surface area contributed by atoms with Crippen molar-refractivity contribution in [1.82, 2.24) is 40.5 Å². The SMILES string of the molecule is CN(c1nccc(Nc2cc(C3CC3)[nH]n2)n1)[C@H]1CC[C@H](NC(=O)c2ccc3c(c2)nnn3C2COC2)CC1. The van der Waals surface area contributed by atoms with E-state index in [4.69, 9.17) is 9.72 Å². The van der Waals surface area contributed by atoms with Gasteiger partial charge < -0.3 is 20.3 Å². The lowest BCUT2D eigenvalue weighted by molar-refractivity contribution is -0.0274. The number of ether oxygens (including phenoxy) is 1. The Bertz CT molecular complexity index is 1480. The summed E-state index contributed by atoms with van der Waals surface area (Å²) in [6.07, 6.45) is 7.93. The molecule has 1 aliphatic heterocycles. The van der Waals surface area contributed by atoms with E-state index in [0.717, 1.165) is 48.4 Å². The van der Waals surface area contributed by atoms with Crippen molar-refractivity contribution in [2.75, 3.05) is 30.5 Å². The lowest BCUT2D eigenvalue weighted by atomic mass is 9.90. The zero-order chi connectivity index (χ0) is 26.3. The molecule has 1 saturated heterocycles. The molecule has 3 fully saturated rings. The van der Waals surface area contributed by atoms with E-state index in [2.05, 4.69) is 47.1 Å². The normalized spacial score (nSPS) is 21.5. The second-order valence-electron chi connectivity index (χ2n) is 10.9. The van der Waals surface area contributed by atoms with Crippen LogP contribution in [0.2, 0.25) is 0 Å². The Labute approximate surface area is 225 Å². The molecule has 0 unspecified atom stereocenters. The molecule has 1 amide bonds. The van der Waals surface area contributed by atoms with Crippen LogP contribution in [0.5, 0.6) is 0 Å². The zero-order valence-corrected chi connectivity index (χ0v) is 21.9. The number of H-pyrrole nitrogens is 1. The number of benzene rings is 1. The van der Waals surface area contributed by atoms with E-state index in [1.807, 2.05) is 36.0 Å². The van der Waals surface area contributed by atoms with Crippen molar-refractivity contribution >= 4 is 34.5 Å². The molecule has 3 aliphatic rings. The summed E-state index contributed by atoms with van der Waals surface area (Å²) in [6, 6.07) is 10.2. The molecule has 3 N–H and O–H groups in total. The molecule has 0 atom stereocenters. The third kappa shape index (κ3) is 4.91. The first kappa shape index (κ1) is 24.0. The Balaban J connectivity index is 0.936. The molecule has 0 spiro atoms. The van der Waals surface area contributed by atoms with Crippen LogP contribution in [0, 0.1) is 0 Å². The Morgan fingerprint density at radius 2 is 1.92 bits per heavy atom. The van der Waals surface area contributed by atoms with Gasteiger partial charge in [0.15, 0.2) is 5.82 Å². The van der Waals surface area contributed by atoms with E-state index in [0.29, 0.717) is 36.7 Å². The average Bonchev–Trinajstić information content (AvgIpc) is 3.55. The lowest BCUT2D eigenvalue weighted by Gasteiger charge is -2.35. The van der Waals surface area contributed by atoms with Crippen molar-refractivity contribution in [3.63, 3.8) is 0 Å². The number of aromatic nitrogens is 7. The number of hydrogen-bond donors (Lipinski definition) is 3. The number of carbonyl (C=O) groups excluding carboxylic acids is 1. The largest absolute Gasteiger partial charge is 0.377 e. The summed E-state index contributed by atoms with van der Waals surface area (Å²) in [6.45, 7) is 1.30. The molecular weight excluding hydrogens is 496 g/mol. The number of anilines is 3. The van der Waals surface area contributed by atoms with Crippen molar-refractivity contribution in [2.45, 2.75) is 62.6 Å². The van der Waals surface area contributed by atoms with E-state index in [-0.39, 0.29) is 18.0 Å². The number of rotatable bonds is 8. The Morgan fingerprint density at radius 3 is 2.69 bits per heavy atom. The van der Waals surface area contributed by atoms with Crippen LogP contribution < -0.4 is 15.5 Å². The van der Waals surface area contributed by atoms with Crippen LogP contribution >= 0.6 is 0 Å². The molecule has 3 aromatic heterocycles. The first-order valence-corrected chi connectivity index (χ1v) is 13.7. The van der Waals surface area contributed by atoms with Gasteiger partial charge >= 0.3 is 0 Å². The quantitative estimate of drug-likeness (QED) is 0.314. The fourth-order valence-electron chi connectivity index (χ4n) is 5.48. The monoisotopic (exact) mass is 528 g/mol. The Morgan fingerprint density at radius 1 is 1.08 bits per heavy atom. The van der Waals surface area contributed by atoms with Crippen LogP contribution in [0.15, 0.2) is 36.5 Å². The summed E-state index contributed by atoms with van der Waals surface area (Å²) >= 11 is 0. The third-order valence-corrected chi connectivity index (χ3v) is 8.11. The highest BCUT2D eigenvalue weighted by molar-refractivity contribution is 5.97. The molecule has 39 heavy (non-hydrogen) atoms. The first-order valence-electron chi connectivity index (χ1n) is 13.7. The summed E-state index contributed by atoms with van der Waals surface area (Å²) in [5, 5.41) is 22.5. The number of aromatic amines is 1. The van der Waals surface area contributed by atoms with Gasteiger partial charge in [-0.2, -0.15) is 10.1 Å². The van der Waals surface area contributed by atoms with Crippen LogP contribution in [0.4, 0.5) is 17.6 Å².